The first-order valence-electron chi connectivity index (χ1n) is 4.50. The number of nitrogens with two attached hydrogens (primary N) is 1. The van der Waals surface area contributed by atoms with Gasteiger partial charge in [0.05, 0.1) is 11.3 Å². The zero-order valence-corrected chi connectivity index (χ0v) is 8.35. The average molecular weight is 230 g/mol. The van der Waals surface area contributed by atoms with Crippen LogP contribution in [0.3, 0.4) is 0 Å². The molecule has 16 heavy (non-hydrogen) atoms. The summed E-state index contributed by atoms with van der Waals surface area (Å²) in [5.74, 6) is 0.985. The lowest BCUT2D eigenvalue weighted by atomic mass is 10.1. The van der Waals surface area contributed by atoms with Gasteiger partial charge < -0.3 is 15.8 Å². The Morgan fingerprint density at radius 2 is 2.00 bits per heavy atom. The standard InChI is InChI=1S/C10H9F3N2O/c1-5-9(14)15-7-4-6(10(11,12)13)2-3-8(7)16-5/h2-4,15H,14H2,1H3. The maximum Gasteiger partial charge on any atom is 0.416 e. The molecule has 3 nitrogen and oxygen atoms in total. The summed E-state index contributed by atoms with van der Waals surface area (Å²) in [6.07, 6.45) is -4.37. The van der Waals surface area contributed by atoms with Crippen molar-refractivity contribution in [3.8, 4) is 5.75 Å². The third-order valence-electron chi connectivity index (χ3n) is 2.22. The molecule has 0 atom stereocenters. The number of benzene rings is 1. The monoisotopic (exact) mass is 230 g/mol. The minimum Gasteiger partial charge on any atom is -0.456 e. The molecule has 1 aliphatic rings. The number of allylic oxidation sites excluding steroid dienone is 1. The van der Waals surface area contributed by atoms with E-state index in [1.165, 1.54) is 6.07 Å². The van der Waals surface area contributed by atoms with E-state index in [1.807, 2.05) is 0 Å². The first-order chi connectivity index (χ1) is 7.38. The molecule has 0 bridgehead atoms. The highest BCUT2D eigenvalue weighted by Crippen LogP contribution is 2.37. The summed E-state index contributed by atoms with van der Waals surface area (Å²) in [4.78, 5) is 0. The van der Waals surface area contributed by atoms with Crippen molar-refractivity contribution in [1.29, 1.82) is 0 Å². The van der Waals surface area contributed by atoms with Crippen LogP contribution in [-0.2, 0) is 6.18 Å². The van der Waals surface area contributed by atoms with Gasteiger partial charge >= 0.3 is 6.18 Å². The van der Waals surface area contributed by atoms with Gasteiger partial charge in [0.15, 0.2) is 5.75 Å². The number of halogens is 3. The number of fused-ring (bicyclic) bond motifs is 1. The highest BCUT2D eigenvalue weighted by atomic mass is 19.4. The van der Waals surface area contributed by atoms with Gasteiger partial charge in [0.25, 0.3) is 0 Å². The third kappa shape index (κ3) is 1.78. The van der Waals surface area contributed by atoms with E-state index in [9.17, 15) is 13.2 Å². The molecule has 0 radical (unpaired) electrons. The summed E-state index contributed by atoms with van der Waals surface area (Å²) in [6.45, 7) is 1.63. The fourth-order valence-corrected chi connectivity index (χ4v) is 1.35. The van der Waals surface area contributed by atoms with Gasteiger partial charge in [-0.3, -0.25) is 0 Å². The molecule has 2 rings (SSSR count). The molecular formula is C10H9F3N2O. The highest BCUT2D eigenvalue weighted by Gasteiger charge is 2.31. The quantitative estimate of drug-likeness (QED) is 0.720. The number of hydrogen-bond acceptors (Lipinski definition) is 3. The molecule has 0 saturated carbocycles. The van der Waals surface area contributed by atoms with Crippen molar-refractivity contribution < 1.29 is 17.9 Å². The van der Waals surface area contributed by atoms with Gasteiger partial charge in [0, 0.05) is 0 Å². The molecule has 0 amide bonds. The highest BCUT2D eigenvalue weighted by molar-refractivity contribution is 5.63. The lowest BCUT2D eigenvalue weighted by Crippen LogP contribution is -2.19. The predicted octanol–water partition coefficient (Wildman–Crippen LogP) is 2.66. The number of anilines is 1. The number of hydrogen-bond donors (Lipinski definition) is 2. The molecule has 0 spiro atoms. The molecule has 0 aliphatic carbocycles. The van der Waals surface area contributed by atoms with Crippen LogP contribution in [0.1, 0.15) is 12.5 Å². The second-order valence-electron chi connectivity index (χ2n) is 3.41. The van der Waals surface area contributed by atoms with E-state index < -0.39 is 11.7 Å². The summed E-state index contributed by atoms with van der Waals surface area (Å²) < 4.78 is 42.5. The van der Waals surface area contributed by atoms with Gasteiger partial charge in [-0.05, 0) is 25.1 Å². The summed E-state index contributed by atoms with van der Waals surface area (Å²) in [6, 6.07) is 3.20. The van der Waals surface area contributed by atoms with Crippen molar-refractivity contribution >= 4 is 5.69 Å². The van der Waals surface area contributed by atoms with E-state index in [2.05, 4.69) is 5.32 Å². The SMILES string of the molecule is CC1=C(N)Nc2cc(C(F)(F)F)ccc2O1. The molecule has 1 aliphatic heterocycles. The molecular weight excluding hydrogens is 221 g/mol. The summed E-state index contributed by atoms with van der Waals surface area (Å²) in [5.41, 5.74) is 4.99. The molecule has 0 aromatic heterocycles. The second kappa shape index (κ2) is 3.33. The Bertz CT molecular complexity index is 466. The van der Waals surface area contributed by atoms with Crippen molar-refractivity contribution in [3.05, 3.63) is 35.3 Å². The van der Waals surface area contributed by atoms with Crippen LogP contribution in [0.4, 0.5) is 18.9 Å². The maximum absolute atomic E-state index is 12.4. The zero-order valence-electron chi connectivity index (χ0n) is 8.35. The Kier molecular flexibility index (Phi) is 2.22. The molecule has 6 heteroatoms. The van der Waals surface area contributed by atoms with Crippen molar-refractivity contribution in [1.82, 2.24) is 0 Å². The summed E-state index contributed by atoms with van der Waals surface area (Å²) in [5, 5.41) is 2.65. The van der Waals surface area contributed by atoms with Crippen LogP contribution in [0.5, 0.6) is 5.75 Å². The molecule has 1 aromatic carbocycles. The molecule has 0 unspecified atom stereocenters. The van der Waals surface area contributed by atoms with Gasteiger partial charge in [-0.2, -0.15) is 13.2 Å². The normalized spacial score (nSPS) is 15.2. The van der Waals surface area contributed by atoms with Gasteiger partial charge in [-0.25, -0.2) is 0 Å². The number of nitrogens with one attached hydrogen (secondary N) is 1. The Morgan fingerprint density at radius 1 is 1.31 bits per heavy atom. The van der Waals surface area contributed by atoms with Crippen LogP contribution in [-0.4, -0.2) is 0 Å². The Hall–Kier alpha value is -1.85. The van der Waals surface area contributed by atoms with Crippen LogP contribution in [0.25, 0.3) is 0 Å². The van der Waals surface area contributed by atoms with Crippen molar-refractivity contribution in [2.24, 2.45) is 5.73 Å². The molecule has 0 saturated heterocycles. The van der Waals surface area contributed by atoms with Crippen LogP contribution in [0.15, 0.2) is 29.8 Å². The Labute approximate surface area is 89.7 Å². The lowest BCUT2D eigenvalue weighted by molar-refractivity contribution is -0.137. The van der Waals surface area contributed by atoms with Crippen molar-refractivity contribution in [3.63, 3.8) is 0 Å². The number of rotatable bonds is 0. The van der Waals surface area contributed by atoms with Crippen molar-refractivity contribution in [2.45, 2.75) is 13.1 Å². The second-order valence-corrected chi connectivity index (χ2v) is 3.41. The molecule has 1 aromatic rings. The summed E-state index contributed by atoms with van der Waals surface area (Å²) in [7, 11) is 0. The minimum atomic E-state index is -4.37. The fourth-order valence-electron chi connectivity index (χ4n) is 1.35. The third-order valence-corrected chi connectivity index (χ3v) is 2.22. The Morgan fingerprint density at radius 3 is 2.62 bits per heavy atom. The van der Waals surface area contributed by atoms with Gasteiger partial charge in [-0.1, -0.05) is 0 Å². The van der Waals surface area contributed by atoms with Crippen LogP contribution in [0, 0.1) is 0 Å². The van der Waals surface area contributed by atoms with E-state index in [4.69, 9.17) is 10.5 Å². The summed E-state index contributed by atoms with van der Waals surface area (Å²) >= 11 is 0. The van der Waals surface area contributed by atoms with E-state index in [-0.39, 0.29) is 11.5 Å². The van der Waals surface area contributed by atoms with Gasteiger partial charge in [-0.15, -0.1) is 0 Å². The topological polar surface area (TPSA) is 47.3 Å². The molecule has 0 fully saturated rings. The molecule has 1 heterocycles. The van der Waals surface area contributed by atoms with Crippen LogP contribution in [0.2, 0.25) is 0 Å². The first kappa shape index (κ1) is 10.7. The largest absolute Gasteiger partial charge is 0.456 e. The smallest absolute Gasteiger partial charge is 0.416 e. The predicted molar refractivity (Wildman–Crippen MR) is 52.6 cm³/mol. The number of ether oxygens (including phenoxy) is 1. The fraction of sp³-hybridized carbons (Fsp3) is 0.200. The van der Waals surface area contributed by atoms with Gasteiger partial charge in [0.2, 0.25) is 0 Å². The number of alkyl halides is 3. The minimum absolute atomic E-state index is 0.215. The Balaban J connectivity index is 2.41. The van der Waals surface area contributed by atoms with E-state index >= 15 is 0 Å². The molecule has 3 N–H and O–H groups in total. The van der Waals surface area contributed by atoms with E-state index in [0.717, 1.165) is 12.1 Å². The zero-order chi connectivity index (χ0) is 11.9. The molecule has 86 valence electrons. The lowest BCUT2D eigenvalue weighted by Gasteiger charge is -2.21. The van der Waals surface area contributed by atoms with E-state index in [1.54, 1.807) is 6.92 Å². The van der Waals surface area contributed by atoms with E-state index in [0.29, 0.717) is 11.5 Å². The van der Waals surface area contributed by atoms with Crippen LogP contribution >= 0.6 is 0 Å². The van der Waals surface area contributed by atoms with Crippen LogP contribution < -0.4 is 15.8 Å². The average Bonchev–Trinajstić information content (AvgIpc) is 2.17. The maximum atomic E-state index is 12.4. The first-order valence-corrected chi connectivity index (χ1v) is 4.50. The van der Waals surface area contributed by atoms with Crippen molar-refractivity contribution in [2.75, 3.05) is 5.32 Å². The van der Waals surface area contributed by atoms with Gasteiger partial charge in [0.1, 0.15) is 11.6 Å².